The van der Waals surface area contributed by atoms with Gasteiger partial charge in [0.25, 0.3) is 0 Å². The number of aryl methyl sites for hydroxylation is 2. The Bertz CT molecular complexity index is 633. The molecule has 0 spiro atoms. The Kier molecular flexibility index (Phi) is 5.42. The van der Waals surface area contributed by atoms with Gasteiger partial charge in [-0.1, -0.05) is 11.8 Å². The average molecular weight is 284 g/mol. The number of hydrogen-bond donors (Lipinski definition) is 1. The summed E-state index contributed by atoms with van der Waals surface area (Å²) in [6.45, 7) is 5.44. The van der Waals surface area contributed by atoms with E-state index in [-0.39, 0.29) is 6.61 Å². The molecule has 1 aromatic heterocycles. The Morgan fingerprint density at radius 1 is 1.24 bits per heavy atom. The zero-order valence-corrected chi connectivity index (χ0v) is 12.5. The quantitative estimate of drug-likeness (QED) is 0.857. The molecule has 0 fully saturated rings. The molecule has 1 aromatic carbocycles. The summed E-state index contributed by atoms with van der Waals surface area (Å²) in [5.41, 5.74) is 3.10. The highest BCUT2D eigenvalue weighted by molar-refractivity contribution is 5.38. The molecule has 4 nitrogen and oxygen atoms in total. The third-order valence-electron chi connectivity index (χ3n) is 3.00. The lowest BCUT2D eigenvalue weighted by molar-refractivity contribution is 0.289. The van der Waals surface area contributed by atoms with Crippen molar-refractivity contribution < 1.29 is 9.84 Å². The van der Waals surface area contributed by atoms with Gasteiger partial charge in [-0.15, -0.1) is 0 Å². The van der Waals surface area contributed by atoms with Gasteiger partial charge in [-0.3, -0.25) is 4.68 Å². The van der Waals surface area contributed by atoms with Gasteiger partial charge in [0.15, 0.2) is 0 Å². The first kappa shape index (κ1) is 15.1. The third kappa shape index (κ3) is 4.66. The monoisotopic (exact) mass is 284 g/mol. The lowest BCUT2D eigenvalue weighted by Crippen LogP contribution is -2.10. The van der Waals surface area contributed by atoms with E-state index in [0.29, 0.717) is 13.0 Å². The van der Waals surface area contributed by atoms with Gasteiger partial charge >= 0.3 is 0 Å². The van der Waals surface area contributed by atoms with E-state index in [0.717, 1.165) is 29.2 Å². The summed E-state index contributed by atoms with van der Waals surface area (Å²) < 4.78 is 7.65. The summed E-state index contributed by atoms with van der Waals surface area (Å²) in [5, 5.41) is 13.1. The molecule has 0 unspecified atom stereocenters. The van der Waals surface area contributed by atoms with Crippen LogP contribution < -0.4 is 4.74 Å². The number of nitrogens with zero attached hydrogens (tertiary/aromatic N) is 2. The van der Waals surface area contributed by atoms with Crippen molar-refractivity contribution in [1.82, 2.24) is 9.78 Å². The molecule has 21 heavy (non-hydrogen) atoms. The third-order valence-corrected chi connectivity index (χ3v) is 3.00. The number of aliphatic hydroxyl groups excluding tert-OH is 1. The van der Waals surface area contributed by atoms with Crippen LogP contribution in [-0.2, 0) is 6.54 Å². The summed E-state index contributed by atoms with van der Waals surface area (Å²) in [6, 6.07) is 9.71. The molecule has 0 bridgehead atoms. The van der Waals surface area contributed by atoms with E-state index < -0.39 is 0 Å². The van der Waals surface area contributed by atoms with E-state index in [1.54, 1.807) is 0 Å². The smallest absolute Gasteiger partial charge is 0.119 e. The molecule has 4 heteroatoms. The lowest BCUT2D eigenvalue weighted by atomic mass is 10.2. The molecule has 1 N–H and O–H groups in total. The minimum atomic E-state index is 0.0977. The molecule has 0 radical (unpaired) electrons. The van der Waals surface area contributed by atoms with Crippen molar-refractivity contribution in [3.8, 4) is 17.6 Å². The van der Waals surface area contributed by atoms with Crippen molar-refractivity contribution in [2.45, 2.75) is 26.8 Å². The molecular weight excluding hydrogens is 264 g/mol. The molecule has 1 heterocycles. The van der Waals surface area contributed by atoms with Crippen molar-refractivity contribution in [3.05, 3.63) is 47.3 Å². The van der Waals surface area contributed by atoms with E-state index in [4.69, 9.17) is 9.84 Å². The van der Waals surface area contributed by atoms with Gasteiger partial charge in [0.05, 0.1) is 18.8 Å². The molecule has 0 saturated heterocycles. The molecule has 0 saturated carbocycles. The summed E-state index contributed by atoms with van der Waals surface area (Å²) in [6.07, 6.45) is 0.501. The normalized spacial score (nSPS) is 10.0. The van der Waals surface area contributed by atoms with Gasteiger partial charge in [0.2, 0.25) is 0 Å². The number of hydrogen-bond acceptors (Lipinski definition) is 3. The number of rotatable bonds is 5. The molecular formula is C17H20N2O2. The van der Waals surface area contributed by atoms with Crippen LogP contribution in [0.4, 0.5) is 0 Å². The summed E-state index contributed by atoms with van der Waals surface area (Å²) in [4.78, 5) is 0. The Hall–Kier alpha value is -2.25. The Morgan fingerprint density at radius 3 is 2.62 bits per heavy atom. The second-order valence-electron chi connectivity index (χ2n) is 4.80. The van der Waals surface area contributed by atoms with Gasteiger partial charge in [-0.2, -0.15) is 5.10 Å². The molecule has 0 aliphatic rings. The average Bonchev–Trinajstić information content (AvgIpc) is 2.79. The van der Waals surface area contributed by atoms with Gasteiger partial charge in [-0.05, 0) is 44.2 Å². The van der Waals surface area contributed by atoms with Gasteiger partial charge in [-0.25, -0.2) is 0 Å². The van der Waals surface area contributed by atoms with E-state index >= 15 is 0 Å². The zero-order valence-electron chi connectivity index (χ0n) is 12.5. The van der Waals surface area contributed by atoms with Crippen molar-refractivity contribution in [2.75, 3.05) is 13.2 Å². The first-order chi connectivity index (χ1) is 10.2. The van der Waals surface area contributed by atoms with Crippen LogP contribution in [0.1, 0.15) is 23.4 Å². The van der Waals surface area contributed by atoms with E-state index in [1.165, 1.54) is 0 Å². The molecule has 0 atom stereocenters. The summed E-state index contributed by atoms with van der Waals surface area (Å²) in [7, 11) is 0. The van der Waals surface area contributed by atoms with Crippen LogP contribution in [0.2, 0.25) is 0 Å². The molecule has 0 amide bonds. The maximum atomic E-state index is 8.67. The summed E-state index contributed by atoms with van der Waals surface area (Å²) in [5.74, 6) is 6.70. The standard InChI is InChI=1S/C17H20N2O2/c1-14-13-15(2)19(18-14)10-12-21-17-8-6-16(7-9-17)5-3-4-11-20/h6-9,13,20H,4,10-12H2,1-2H3. The molecule has 2 aromatic rings. The van der Waals surface area contributed by atoms with Crippen LogP contribution in [0, 0.1) is 25.7 Å². The minimum absolute atomic E-state index is 0.0977. The van der Waals surface area contributed by atoms with Crippen LogP contribution in [-0.4, -0.2) is 28.1 Å². The van der Waals surface area contributed by atoms with Crippen molar-refractivity contribution in [1.29, 1.82) is 0 Å². The first-order valence-corrected chi connectivity index (χ1v) is 7.02. The van der Waals surface area contributed by atoms with Gasteiger partial charge < -0.3 is 9.84 Å². The van der Waals surface area contributed by atoms with E-state index in [9.17, 15) is 0 Å². The van der Waals surface area contributed by atoms with Crippen LogP contribution >= 0.6 is 0 Å². The summed E-state index contributed by atoms with van der Waals surface area (Å²) >= 11 is 0. The highest BCUT2D eigenvalue weighted by Gasteiger charge is 2.01. The highest BCUT2D eigenvalue weighted by atomic mass is 16.5. The van der Waals surface area contributed by atoms with Crippen LogP contribution in [0.3, 0.4) is 0 Å². The topological polar surface area (TPSA) is 47.3 Å². The lowest BCUT2D eigenvalue weighted by Gasteiger charge is -2.07. The highest BCUT2D eigenvalue weighted by Crippen LogP contribution is 2.12. The number of aromatic nitrogens is 2. The fourth-order valence-electron chi connectivity index (χ4n) is 2.01. The van der Waals surface area contributed by atoms with Crippen molar-refractivity contribution >= 4 is 0 Å². The van der Waals surface area contributed by atoms with Crippen molar-refractivity contribution in [3.63, 3.8) is 0 Å². The Balaban J connectivity index is 1.84. The molecule has 110 valence electrons. The molecule has 0 aliphatic heterocycles. The van der Waals surface area contributed by atoms with Gasteiger partial charge in [0.1, 0.15) is 12.4 Å². The second kappa shape index (κ2) is 7.51. The fourth-order valence-corrected chi connectivity index (χ4v) is 2.01. The maximum Gasteiger partial charge on any atom is 0.119 e. The number of aliphatic hydroxyl groups is 1. The maximum absolute atomic E-state index is 8.67. The predicted molar refractivity (Wildman–Crippen MR) is 82.2 cm³/mol. The molecule has 2 rings (SSSR count). The largest absolute Gasteiger partial charge is 0.492 e. The van der Waals surface area contributed by atoms with E-state index in [1.807, 2.05) is 42.8 Å². The number of ether oxygens (including phenoxy) is 1. The minimum Gasteiger partial charge on any atom is -0.492 e. The second-order valence-corrected chi connectivity index (χ2v) is 4.80. The zero-order chi connectivity index (χ0) is 15.1. The predicted octanol–water partition coefficient (Wildman–Crippen LogP) is 2.31. The molecule has 0 aliphatic carbocycles. The van der Waals surface area contributed by atoms with Crippen LogP contribution in [0.15, 0.2) is 30.3 Å². The fraction of sp³-hybridized carbons (Fsp3) is 0.353. The first-order valence-electron chi connectivity index (χ1n) is 7.02. The Morgan fingerprint density at radius 2 is 2.00 bits per heavy atom. The SMILES string of the molecule is Cc1cc(C)n(CCOc2ccc(C#CCCO)cc2)n1. The van der Waals surface area contributed by atoms with Crippen molar-refractivity contribution in [2.24, 2.45) is 0 Å². The van der Waals surface area contributed by atoms with E-state index in [2.05, 4.69) is 23.0 Å². The van der Waals surface area contributed by atoms with Crippen LogP contribution in [0.5, 0.6) is 5.75 Å². The van der Waals surface area contributed by atoms with Gasteiger partial charge in [0, 0.05) is 17.7 Å². The number of benzene rings is 1. The Labute approximate surface area is 125 Å². The van der Waals surface area contributed by atoms with Crippen LogP contribution in [0.25, 0.3) is 0 Å².